The lowest BCUT2D eigenvalue weighted by molar-refractivity contribution is -0.131. The van der Waals surface area contributed by atoms with Crippen molar-refractivity contribution >= 4 is 5.91 Å². The summed E-state index contributed by atoms with van der Waals surface area (Å²) in [6.07, 6.45) is 2.83. The fourth-order valence-electron chi connectivity index (χ4n) is 2.24. The molecule has 0 aromatic rings. The largest absolute Gasteiger partial charge is 0.368 e. The summed E-state index contributed by atoms with van der Waals surface area (Å²) in [6, 6.07) is 0.274. The average Bonchev–Trinajstić information content (AvgIpc) is 2.74. The van der Waals surface area contributed by atoms with E-state index < -0.39 is 0 Å². The molecule has 4 nitrogen and oxygen atoms in total. The molecule has 2 heterocycles. The first-order valence-electron chi connectivity index (χ1n) is 5.90. The second-order valence-electron chi connectivity index (χ2n) is 4.59. The molecule has 1 amide bonds. The van der Waals surface area contributed by atoms with Crippen molar-refractivity contribution in [2.45, 2.75) is 38.3 Å². The number of carbonyl (C=O) groups is 1. The molecule has 0 radical (unpaired) electrons. The van der Waals surface area contributed by atoms with Crippen molar-refractivity contribution in [3.05, 3.63) is 0 Å². The van der Waals surface area contributed by atoms with Crippen LogP contribution in [0, 0.1) is 5.92 Å². The van der Waals surface area contributed by atoms with Gasteiger partial charge in [-0.05, 0) is 31.7 Å². The lowest BCUT2D eigenvalue weighted by atomic mass is 9.94. The van der Waals surface area contributed by atoms with Crippen LogP contribution >= 0.6 is 0 Å². The van der Waals surface area contributed by atoms with Crippen LogP contribution < -0.4 is 10.6 Å². The molecule has 4 heteroatoms. The van der Waals surface area contributed by atoms with Crippen LogP contribution in [0.3, 0.4) is 0 Å². The van der Waals surface area contributed by atoms with Crippen LogP contribution in [0.4, 0.5) is 0 Å². The van der Waals surface area contributed by atoms with Gasteiger partial charge >= 0.3 is 0 Å². The van der Waals surface area contributed by atoms with Gasteiger partial charge < -0.3 is 15.4 Å². The smallest absolute Gasteiger partial charge is 0.249 e. The van der Waals surface area contributed by atoms with Gasteiger partial charge in [-0.1, -0.05) is 6.92 Å². The highest BCUT2D eigenvalue weighted by Crippen LogP contribution is 2.15. The van der Waals surface area contributed by atoms with E-state index >= 15 is 0 Å². The lowest BCUT2D eigenvalue weighted by Gasteiger charge is -2.30. The Morgan fingerprint density at radius 1 is 1.47 bits per heavy atom. The van der Waals surface area contributed by atoms with Gasteiger partial charge in [-0.2, -0.15) is 0 Å². The molecule has 0 aromatic carbocycles. The van der Waals surface area contributed by atoms with Gasteiger partial charge in [-0.15, -0.1) is 0 Å². The number of hydrogen-bond donors (Lipinski definition) is 2. The van der Waals surface area contributed by atoms with Crippen LogP contribution in [0.25, 0.3) is 0 Å². The Morgan fingerprint density at radius 2 is 2.33 bits per heavy atom. The molecular weight excluding hydrogens is 192 g/mol. The van der Waals surface area contributed by atoms with Gasteiger partial charge in [0.1, 0.15) is 6.10 Å². The molecule has 3 atom stereocenters. The van der Waals surface area contributed by atoms with Crippen LogP contribution in [0.5, 0.6) is 0 Å². The molecule has 2 fully saturated rings. The molecule has 0 bridgehead atoms. The normalized spacial score (nSPS) is 36.5. The van der Waals surface area contributed by atoms with Crippen molar-refractivity contribution in [1.29, 1.82) is 0 Å². The van der Waals surface area contributed by atoms with E-state index in [1.165, 1.54) is 0 Å². The third-order valence-electron chi connectivity index (χ3n) is 3.38. The van der Waals surface area contributed by atoms with E-state index in [1.807, 2.05) is 0 Å². The number of rotatable bonds is 2. The summed E-state index contributed by atoms with van der Waals surface area (Å²) in [7, 11) is 0. The van der Waals surface area contributed by atoms with Gasteiger partial charge in [0.05, 0.1) is 0 Å². The number of amides is 1. The van der Waals surface area contributed by atoms with E-state index in [2.05, 4.69) is 17.6 Å². The number of piperidine rings is 1. The molecule has 86 valence electrons. The van der Waals surface area contributed by atoms with Gasteiger partial charge in [0.25, 0.3) is 0 Å². The molecule has 2 N–H and O–H groups in total. The van der Waals surface area contributed by atoms with Crippen molar-refractivity contribution in [3.63, 3.8) is 0 Å². The predicted molar refractivity (Wildman–Crippen MR) is 57.6 cm³/mol. The van der Waals surface area contributed by atoms with E-state index in [0.29, 0.717) is 5.92 Å². The van der Waals surface area contributed by atoms with Gasteiger partial charge in [0.2, 0.25) is 5.91 Å². The van der Waals surface area contributed by atoms with Crippen molar-refractivity contribution in [2.24, 2.45) is 5.92 Å². The maximum absolute atomic E-state index is 11.8. The Balaban J connectivity index is 1.81. The first-order valence-corrected chi connectivity index (χ1v) is 5.90. The minimum Gasteiger partial charge on any atom is -0.368 e. The molecule has 0 aromatic heterocycles. The van der Waals surface area contributed by atoms with Crippen LogP contribution in [0.1, 0.15) is 26.2 Å². The highest BCUT2D eigenvalue weighted by Gasteiger charge is 2.28. The fourth-order valence-corrected chi connectivity index (χ4v) is 2.24. The molecule has 2 aliphatic heterocycles. The molecule has 15 heavy (non-hydrogen) atoms. The van der Waals surface area contributed by atoms with Crippen molar-refractivity contribution in [3.8, 4) is 0 Å². The first-order chi connectivity index (χ1) is 7.27. The van der Waals surface area contributed by atoms with Crippen LogP contribution in [-0.2, 0) is 9.53 Å². The van der Waals surface area contributed by atoms with Crippen LogP contribution in [0.15, 0.2) is 0 Å². The summed E-state index contributed by atoms with van der Waals surface area (Å²) in [5.74, 6) is 0.643. The highest BCUT2D eigenvalue weighted by molar-refractivity contribution is 5.81. The molecular formula is C11H20N2O2. The van der Waals surface area contributed by atoms with Gasteiger partial charge in [-0.3, -0.25) is 4.79 Å². The number of carbonyl (C=O) groups excluding carboxylic acids is 1. The fraction of sp³-hybridized carbons (Fsp3) is 0.909. The molecule has 2 aliphatic rings. The van der Waals surface area contributed by atoms with Crippen molar-refractivity contribution in [1.82, 2.24) is 10.6 Å². The second-order valence-corrected chi connectivity index (χ2v) is 4.59. The Bertz CT molecular complexity index is 227. The van der Waals surface area contributed by atoms with Gasteiger partial charge in [-0.25, -0.2) is 0 Å². The quantitative estimate of drug-likeness (QED) is 0.691. The number of hydrogen-bond acceptors (Lipinski definition) is 3. The third-order valence-corrected chi connectivity index (χ3v) is 3.38. The Kier molecular flexibility index (Phi) is 3.59. The standard InChI is InChI=1S/C11H20N2O2/c1-8-4-5-12-7-9(8)13-11(14)10-3-2-6-15-10/h8-10,12H,2-7H2,1H3,(H,13,14). The lowest BCUT2D eigenvalue weighted by Crippen LogP contribution is -2.52. The van der Waals surface area contributed by atoms with Gasteiger partial charge in [0.15, 0.2) is 0 Å². The Hall–Kier alpha value is -0.610. The molecule has 0 aliphatic carbocycles. The minimum absolute atomic E-state index is 0.0769. The summed E-state index contributed by atoms with van der Waals surface area (Å²) in [5.41, 5.74) is 0. The predicted octanol–water partition coefficient (Wildman–Crippen LogP) is 0.280. The second kappa shape index (κ2) is 4.94. The van der Waals surface area contributed by atoms with E-state index in [9.17, 15) is 4.79 Å². The molecule has 2 rings (SSSR count). The molecule has 0 saturated carbocycles. The SMILES string of the molecule is CC1CCNCC1NC(=O)C1CCCO1. The zero-order valence-electron chi connectivity index (χ0n) is 9.29. The summed E-state index contributed by atoms with van der Waals surface area (Å²) in [4.78, 5) is 11.8. The highest BCUT2D eigenvalue weighted by atomic mass is 16.5. The number of nitrogens with one attached hydrogen (secondary N) is 2. The summed E-state index contributed by atoms with van der Waals surface area (Å²) < 4.78 is 5.36. The minimum atomic E-state index is -0.195. The van der Waals surface area contributed by atoms with E-state index in [4.69, 9.17) is 4.74 Å². The molecule has 2 saturated heterocycles. The van der Waals surface area contributed by atoms with E-state index in [-0.39, 0.29) is 18.1 Å². The van der Waals surface area contributed by atoms with Crippen molar-refractivity contribution in [2.75, 3.05) is 19.7 Å². The summed E-state index contributed by atoms with van der Waals surface area (Å²) in [6.45, 7) is 4.88. The maximum Gasteiger partial charge on any atom is 0.249 e. The zero-order chi connectivity index (χ0) is 10.7. The van der Waals surface area contributed by atoms with Crippen LogP contribution in [-0.4, -0.2) is 37.7 Å². The molecule has 0 spiro atoms. The van der Waals surface area contributed by atoms with Crippen LogP contribution in [0.2, 0.25) is 0 Å². The van der Waals surface area contributed by atoms with E-state index in [0.717, 1.165) is 39.0 Å². The topological polar surface area (TPSA) is 50.4 Å². The maximum atomic E-state index is 11.8. The van der Waals surface area contributed by atoms with Gasteiger partial charge in [0, 0.05) is 19.2 Å². The Morgan fingerprint density at radius 3 is 3.00 bits per heavy atom. The summed E-state index contributed by atoms with van der Waals surface area (Å²) >= 11 is 0. The third kappa shape index (κ3) is 2.69. The van der Waals surface area contributed by atoms with Crippen molar-refractivity contribution < 1.29 is 9.53 Å². The Labute approximate surface area is 90.8 Å². The first kappa shape index (κ1) is 10.9. The zero-order valence-corrected chi connectivity index (χ0v) is 9.29. The average molecular weight is 212 g/mol. The van der Waals surface area contributed by atoms with E-state index in [1.54, 1.807) is 0 Å². The monoisotopic (exact) mass is 212 g/mol. The number of ether oxygens (including phenoxy) is 1. The summed E-state index contributed by atoms with van der Waals surface area (Å²) in [5, 5.41) is 6.39. The molecule has 3 unspecified atom stereocenters.